The lowest BCUT2D eigenvalue weighted by Gasteiger charge is -2.17. The molecule has 8 heteroatoms. The molecule has 1 aromatic carbocycles. The smallest absolute Gasteiger partial charge is 0.308 e. The van der Waals surface area contributed by atoms with Crippen LogP contribution in [0.2, 0.25) is 0 Å². The summed E-state index contributed by atoms with van der Waals surface area (Å²) in [6.07, 6.45) is 2.84. The van der Waals surface area contributed by atoms with E-state index in [-0.39, 0.29) is 0 Å². The highest BCUT2D eigenvalue weighted by molar-refractivity contribution is 6.06. The highest BCUT2D eigenvalue weighted by Crippen LogP contribution is 2.24. The number of amides is 1. The Morgan fingerprint density at radius 1 is 1.29 bits per heavy atom. The Morgan fingerprint density at radius 2 is 1.90 bits per heavy atom. The molecule has 2 rings (SSSR count). The Hall–Kier alpha value is -2.90. The minimum absolute atomic E-state index is 0.390. The fourth-order valence-electron chi connectivity index (χ4n) is 1.73. The Bertz CT molecular complexity index is 707. The molecule has 0 aliphatic rings. The van der Waals surface area contributed by atoms with E-state index in [4.69, 9.17) is 0 Å². The number of anilines is 1. The number of carbonyl (C=O) groups is 1. The highest BCUT2D eigenvalue weighted by Gasteiger charge is 2.26. The topological polar surface area (TPSA) is 76.3 Å². The van der Waals surface area contributed by atoms with Crippen LogP contribution >= 0.6 is 0 Å². The van der Waals surface area contributed by atoms with Gasteiger partial charge in [0, 0.05) is 25.1 Å². The standard InChI is InChI=1S/C13H9F2N3O3/c1-17(9-2-4-16-5-3-9)13(19)10-6-8(14)7-11(12(10)15)18(20)21/h2-7H,1H3. The molecule has 0 spiro atoms. The third kappa shape index (κ3) is 2.83. The number of hydrogen-bond donors (Lipinski definition) is 0. The number of carbonyl (C=O) groups excluding carboxylic acids is 1. The van der Waals surface area contributed by atoms with Crippen molar-refractivity contribution in [2.75, 3.05) is 11.9 Å². The summed E-state index contributed by atoms with van der Waals surface area (Å²) in [4.78, 5) is 26.6. The molecule has 0 radical (unpaired) electrons. The number of benzene rings is 1. The van der Waals surface area contributed by atoms with Crippen molar-refractivity contribution < 1.29 is 18.5 Å². The first kappa shape index (κ1) is 14.5. The van der Waals surface area contributed by atoms with Crippen LogP contribution in [0.3, 0.4) is 0 Å². The molecule has 0 aliphatic carbocycles. The summed E-state index contributed by atoms with van der Waals surface area (Å²) in [5, 5.41) is 10.7. The van der Waals surface area contributed by atoms with Gasteiger partial charge in [-0.25, -0.2) is 4.39 Å². The maximum Gasteiger partial charge on any atom is 0.308 e. The molecule has 1 heterocycles. The SMILES string of the molecule is CN(C(=O)c1cc(F)cc([N+](=O)[O-])c1F)c1ccncc1. The molecule has 0 atom stereocenters. The predicted molar refractivity (Wildman–Crippen MR) is 70.0 cm³/mol. The van der Waals surface area contributed by atoms with E-state index in [1.807, 2.05) is 0 Å². The van der Waals surface area contributed by atoms with Crippen LogP contribution in [-0.4, -0.2) is 22.9 Å². The van der Waals surface area contributed by atoms with Crippen LogP contribution in [0, 0.1) is 21.7 Å². The Kier molecular flexibility index (Phi) is 3.88. The van der Waals surface area contributed by atoms with E-state index in [1.54, 1.807) is 0 Å². The third-order valence-corrected chi connectivity index (χ3v) is 2.80. The molecule has 1 aromatic heterocycles. The van der Waals surface area contributed by atoms with Gasteiger partial charge < -0.3 is 4.90 Å². The number of hydrogen-bond acceptors (Lipinski definition) is 4. The number of halogens is 2. The van der Waals surface area contributed by atoms with Gasteiger partial charge in [0.1, 0.15) is 5.82 Å². The monoisotopic (exact) mass is 293 g/mol. The molecule has 1 amide bonds. The summed E-state index contributed by atoms with van der Waals surface area (Å²) in [6, 6.07) is 4.04. The van der Waals surface area contributed by atoms with Gasteiger partial charge in [-0.3, -0.25) is 19.9 Å². The molecule has 2 aromatic rings. The van der Waals surface area contributed by atoms with Crippen LogP contribution in [0.1, 0.15) is 10.4 Å². The van der Waals surface area contributed by atoms with E-state index < -0.39 is 33.7 Å². The summed E-state index contributed by atoms with van der Waals surface area (Å²) >= 11 is 0. The second kappa shape index (κ2) is 5.61. The normalized spacial score (nSPS) is 10.2. The first-order valence-corrected chi connectivity index (χ1v) is 5.73. The molecule has 0 bridgehead atoms. The van der Waals surface area contributed by atoms with Crippen molar-refractivity contribution >= 4 is 17.3 Å². The van der Waals surface area contributed by atoms with Gasteiger partial charge in [-0.15, -0.1) is 0 Å². The third-order valence-electron chi connectivity index (χ3n) is 2.80. The molecular formula is C13H9F2N3O3. The molecule has 0 unspecified atom stereocenters. The van der Waals surface area contributed by atoms with E-state index in [0.717, 1.165) is 4.90 Å². The summed E-state index contributed by atoms with van der Waals surface area (Å²) in [7, 11) is 1.34. The molecule has 108 valence electrons. The second-order valence-corrected chi connectivity index (χ2v) is 4.11. The number of aromatic nitrogens is 1. The van der Waals surface area contributed by atoms with Gasteiger partial charge in [-0.1, -0.05) is 0 Å². The molecule has 0 saturated heterocycles. The zero-order valence-corrected chi connectivity index (χ0v) is 10.8. The van der Waals surface area contributed by atoms with Crippen molar-refractivity contribution in [1.82, 2.24) is 4.98 Å². The van der Waals surface area contributed by atoms with Crippen molar-refractivity contribution in [3.63, 3.8) is 0 Å². The van der Waals surface area contributed by atoms with E-state index in [1.165, 1.54) is 31.6 Å². The first-order valence-electron chi connectivity index (χ1n) is 5.73. The minimum Gasteiger partial charge on any atom is -0.311 e. The van der Waals surface area contributed by atoms with E-state index >= 15 is 0 Å². The van der Waals surface area contributed by atoms with E-state index in [0.29, 0.717) is 17.8 Å². The summed E-state index contributed by atoms with van der Waals surface area (Å²) in [5.74, 6) is -3.33. The molecule has 0 fully saturated rings. The van der Waals surface area contributed by atoms with Crippen molar-refractivity contribution in [3.05, 3.63) is 64.0 Å². The largest absolute Gasteiger partial charge is 0.311 e. The van der Waals surface area contributed by atoms with E-state index in [9.17, 15) is 23.7 Å². The highest BCUT2D eigenvalue weighted by atomic mass is 19.1. The van der Waals surface area contributed by atoms with Crippen LogP contribution in [0.4, 0.5) is 20.2 Å². The van der Waals surface area contributed by atoms with Gasteiger partial charge in [0.15, 0.2) is 0 Å². The number of nitro groups is 1. The van der Waals surface area contributed by atoms with E-state index in [2.05, 4.69) is 4.98 Å². The van der Waals surface area contributed by atoms with Gasteiger partial charge in [0.2, 0.25) is 5.82 Å². The lowest BCUT2D eigenvalue weighted by molar-refractivity contribution is -0.387. The predicted octanol–water partition coefficient (Wildman–Crippen LogP) is 2.54. The zero-order chi connectivity index (χ0) is 15.6. The first-order chi connectivity index (χ1) is 9.91. The average Bonchev–Trinajstić information content (AvgIpc) is 2.48. The van der Waals surface area contributed by atoms with Crippen molar-refractivity contribution in [2.24, 2.45) is 0 Å². The van der Waals surface area contributed by atoms with Crippen LogP contribution in [0.5, 0.6) is 0 Å². The molecule has 0 saturated carbocycles. The molecule has 21 heavy (non-hydrogen) atoms. The number of pyridine rings is 1. The number of nitro benzene ring substituents is 1. The Balaban J connectivity index is 2.47. The van der Waals surface area contributed by atoms with Crippen LogP contribution in [-0.2, 0) is 0 Å². The van der Waals surface area contributed by atoms with Crippen LogP contribution in [0.15, 0.2) is 36.7 Å². The lowest BCUT2D eigenvalue weighted by Crippen LogP contribution is -2.27. The minimum atomic E-state index is -1.37. The number of rotatable bonds is 3. The van der Waals surface area contributed by atoms with Crippen LogP contribution < -0.4 is 4.90 Å². The molecular weight excluding hydrogens is 284 g/mol. The Labute approximate surface area is 117 Å². The quantitative estimate of drug-likeness (QED) is 0.643. The lowest BCUT2D eigenvalue weighted by atomic mass is 10.1. The second-order valence-electron chi connectivity index (χ2n) is 4.11. The summed E-state index contributed by atoms with van der Waals surface area (Å²) in [6.45, 7) is 0. The molecule has 0 aliphatic heterocycles. The Morgan fingerprint density at radius 3 is 2.48 bits per heavy atom. The van der Waals surface area contributed by atoms with Gasteiger partial charge in [0.25, 0.3) is 5.91 Å². The molecule has 6 nitrogen and oxygen atoms in total. The summed E-state index contributed by atoms with van der Waals surface area (Å²) < 4.78 is 27.3. The van der Waals surface area contributed by atoms with Crippen LogP contribution in [0.25, 0.3) is 0 Å². The van der Waals surface area contributed by atoms with Gasteiger partial charge in [-0.05, 0) is 18.2 Å². The number of nitrogens with zero attached hydrogens (tertiary/aromatic N) is 3. The van der Waals surface area contributed by atoms with Crippen molar-refractivity contribution in [2.45, 2.75) is 0 Å². The fourth-order valence-corrected chi connectivity index (χ4v) is 1.73. The molecule has 0 N–H and O–H groups in total. The van der Waals surface area contributed by atoms with Crippen molar-refractivity contribution in [3.8, 4) is 0 Å². The maximum atomic E-state index is 14.0. The maximum absolute atomic E-state index is 14.0. The fraction of sp³-hybridized carbons (Fsp3) is 0.0769. The average molecular weight is 293 g/mol. The van der Waals surface area contributed by atoms with Gasteiger partial charge in [0.05, 0.1) is 16.6 Å². The van der Waals surface area contributed by atoms with Gasteiger partial charge in [-0.2, -0.15) is 4.39 Å². The van der Waals surface area contributed by atoms with Gasteiger partial charge >= 0.3 is 5.69 Å². The summed E-state index contributed by atoms with van der Waals surface area (Å²) in [5.41, 5.74) is -1.40. The van der Waals surface area contributed by atoms with Crippen molar-refractivity contribution in [1.29, 1.82) is 0 Å². The zero-order valence-electron chi connectivity index (χ0n) is 10.8.